The molecule has 0 fully saturated rings. The molecule has 1 aromatic heterocycles. The molecular weight excluding hydrogens is 546 g/mol. The molecule has 0 amide bonds. The van der Waals surface area contributed by atoms with Crippen molar-refractivity contribution in [3.05, 3.63) is 126 Å². The summed E-state index contributed by atoms with van der Waals surface area (Å²) in [5, 5.41) is 20.8. The number of alkyl halides is 3. The van der Waals surface area contributed by atoms with Crippen molar-refractivity contribution in [2.45, 2.75) is 16.7 Å². The van der Waals surface area contributed by atoms with Crippen LogP contribution >= 0.6 is 0 Å². The number of nitrogens with one attached hydrogen (secondary N) is 1. The van der Waals surface area contributed by atoms with Crippen LogP contribution in [0.5, 0.6) is 0 Å². The Labute approximate surface area is 226 Å². The SMILES string of the molecule is N=Cc1cc(C(O)(c2cn(S(=O)(=O)c3ccccc3)c3ccccc23)C(F)(F)F)ccc1[NH2+]c1ccc(F)cc1. The highest BCUT2D eigenvalue weighted by molar-refractivity contribution is 7.90. The van der Waals surface area contributed by atoms with Crippen molar-refractivity contribution in [2.24, 2.45) is 0 Å². The monoisotopic (exact) mass is 568 g/mol. The average Bonchev–Trinajstić information content (AvgIpc) is 3.35. The number of aromatic nitrogens is 1. The zero-order valence-electron chi connectivity index (χ0n) is 20.6. The fourth-order valence-corrected chi connectivity index (χ4v) is 6.00. The van der Waals surface area contributed by atoms with Gasteiger partial charge >= 0.3 is 6.18 Å². The molecule has 11 heteroatoms. The summed E-state index contributed by atoms with van der Waals surface area (Å²) in [5.41, 5.74) is -3.98. The first kappa shape index (κ1) is 27.3. The van der Waals surface area contributed by atoms with Crippen LogP contribution in [-0.2, 0) is 15.6 Å². The number of quaternary nitrogens is 1. The van der Waals surface area contributed by atoms with Crippen LogP contribution in [0, 0.1) is 11.2 Å². The molecule has 40 heavy (non-hydrogen) atoms. The summed E-state index contributed by atoms with van der Waals surface area (Å²) in [6.07, 6.45) is -3.64. The predicted molar refractivity (Wildman–Crippen MR) is 142 cm³/mol. The Morgan fingerprint density at radius 1 is 0.875 bits per heavy atom. The number of hydrogen-bond acceptors (Lipinski definition) is 4. The lowest BCUT2D eigenvalue weighted by Gasteiger charge is -2.31. The van der Waals surface area contributed by atoms with Crippen LogP contribution in [-0.4, -0.2) is 29.9 Å². The number of benzene rings is 4. The molecule has 5 rings (SSSR count). The molecule has 1 heterocycles. The van der Waals surface area contributed by atoms with E-state index in [1.807, 2.05) is 0 Å². The molecule has 5 aromatic rings. The molecule has 0 bridgehead atoms. The Morgan fingerprint density at radius 2 is 1.52 bits per heavy atom. The van der Waals surface area contributed by atoms with Crippen molar-refractivity contribution in [1.29, 1.82) is 5.41 Å². The second-order valence-corrected chi connectivity index (χ2v) is 10.9. The Morgan fingerprint density at radius 3 is 2.17 bits per heavy atom. The molecule has 1 unspecified atom stereocenters. The van der Waals surface area contributed by atoms with Crippen LogP contribution in [0.25, 0.3) is 10.9 Å². The number of rotatable bonds is 7. The number of nitrogens with zero attached hydrogens (tertiary/aromatic N) is 1. The van der Waals surface area contributed by atoms with E-state index in [1.54, 1.807) is 11.4 Å². The van der Waals surface area contributed by atoms with Crippen molar-refractivity contribution in [1.82, 2.24) is 3.97 Å². The van der Waals surface area contributed by atoms with Crippen molar-refractivity contribution < 1.29 is 36.4 Å². The van der Waals surface area contributed by atoms with Gasteiger partial charge in [0.2, 0.25) is 5.60 Å². The third kappa shape index (κ3) is 4.57. The fraction of sp³-hybridized carbons (Fsp3) is 0.0690. The van der Waals surface area contributed by atoms with Gasteiger partial charge < -0.3 is 10.5 Å². The zero-order chi connectivity index (χ0) is 28.7. The Hall–Kier alpha value is -4.32. The van der Waals surface area contributed by atoms with Crippen molar-refractivity contribution in [2.75, 3.05) is 0 Å². The molecule has 0 aliphatic carbocycles. The van der Waals surface area contributed by atoms with Gasteiger partial charge in [-0.2, -0.15) is 13.2 Å². The predicted octanol–water partition coefficient (Wildman–Crippen LogP) is 5.34. The molecule has 0 saturated carbocycles. The Bertz CT molecular complexity index is 1820. The quantitative estimate of drug-likeness (QED) is 0.140. The summed E-state index contributed by atoms with van der Waals surface area (Å²) >= 11 is 0. The molecule has 0 saturated heterocycles. The largest absolute Gasteiger partial charge is 0.425 e. The minimum absolute atomic E-state index is 0.0439. The molecule has 0 radical (unpaired) electrons. The summed E-state index contributed by atoms with van der Waals surface area (Å²) in [4.78, 5) is -0.135. The summed E-state index contributed by atoms with van der Waals surface area (Å²) in [6.45, 7) is 0. The highest BCUT2D eigenvalue weighted by Crippen LogP contribution is 2.47. The molecule has 0 aliphatic rings. The number of hydrogen-bond donors (Lipinski definition) is 3. The van der Waals surface area contributed by atoms with Gasteiger partial charge in [-0.1, -0.05) is 36.4 Å². The number of fused-ring (bicyclic) bond motifs is 1. The maximum absolute atomic E-state index is 14.8. The van der Waals surface area contributed by atoms with Gasteiger partial charge in [0.25, 0.3) is 10.0 Å². The maximum atomic E-state index is 14.8. The second-order valence-electron chi connectivity index (χ2n) is 9.07. The standard InChI is InChI=1S/C29H21F4N3O3S/c30-21-11-13-22(14-12-21)35-26-15-10-20(16-19(26)17-34)28(37,29(31,32)33)25-18-36(27-9-5-4-8-24(25)27)40(38,39)23-6-2-1-3-7-23/h1-18,34-35,37H/p+1. The van der Waals surface area contributed by atoms with E-state index >= 15 is 0 Å². The first-order valence-electron chi connectivity index (χ1n) is 11.9. The molecule has 204 valence electrons. The Kier molecular flexibility index (Phi) is 6.82. The average molecular weight is 569 g/mol. The zero-order valence-corrected chi connectivity index (χ0v) is 21.4. The van der Waals surface area contributed by atoms with E-state index in [1.165, 1.54) is 78.9 Å². The van der Waals surface area contributed by atoms with E-state index < -0.39 is 38.7 Å². The lowest BCUT2D eigenvalue weighted by molar-refractivity contribution is -0.478. The molecule has 4 N–H and O–H groups in total. The summed E-state index contributed by atoms with van der Waals surface area (Å²) in [5.74, 6) is -0.455. The fourth-order valence-electron chi connectivity index (χ4n) is 4.61. The second kappa shape index (κ2) is 10.0. The normalized spacial score (nSPS) is 13.7. The van der Waals surface area contributed by atoms with E-state index in [0.717, 1.165) is 28.5 Å². The van der Waals surface area contributed by atoms with Gasteiger partial charge in [-0.15, -0.1) is 0 Å². The first-order valence-corrected chi connectivity index (χ1v) is 13.4. The molecule has 0 spiro atoms. The molecule has 4 aromatic carbocycles. The van der Waals surface area contributed by atoms with Crippen molar-refractivity contribution in [3.63, 3.8) is 0 Å². The summed E-state index contributed by atoms with van der Waals surface area (Å²) in [6, 6.07) is 21.7. The van der Waals surface area contributed by atoms with Gasteiger partial charge in [0.15, 0.2) is 0 Å². The number of nitrogens with two attached hydrogens (primary N) is 1. The first-order chi connectivity index (χ1) is 19.0. The minimum atomic E-state index is -5.28. The van der Waals surface area contributed by atoms with Gasteiger partial charge in [0.05, 0.1) is 16.0 Å². The smallest absolute Gasteiger partial charge is 0.372 e. The highest BCUT2D eigenvalue weighted by atomic mass is 32.2. The summed E-state index contributed by atoms with van der Waals surface area (Å²) < 4.78 is 85.5. The van der Waals surface area contributed by atoms with Crippen LogP contribution < -0.4 is 5.32 Å². The third-order valence-electron chi connectivity index (χ3n) is 6.63. The van der Waals surface area contributed by atoms with Crippen LogP contribution in [0.4, 0.5) is 28.9 Å². The van der Waals surface area contributed by atoms with Crippen LogP contribution in [0.1, 0.15) is 16.7 Å². The van der Waals surface area contributed by atoms with E-state index in [2.05, 4.69) is 0 Å². The van der Waals surface area contributed by atoms with Crippen molar-refractivity contribution >= 4 is 38.5 Å². The van der Waals surface area contributed by atoms with E-state index in [-0.39, 0.29) is 21.4 Å². The lowest BCUT2D eigenvalue weighted by atomic mass is 9.84. The van der Waals surface area contributed by atoms with E-state index in [0.29, 0.717) is 11.4 Å². The van der Waals surface area contributed by atoms with Crippen LogP contribution in [0.15, 0.2) is 108 Å². The van der Waals surface area contributed by atoms with Gasteiger partial charge in [-0.05, 0) is 48.0 Å². The molecule has 6 nitrogen and oxygen atoms in total. The summed E-state index contributed by atoms with van der Waals surface area (Å²) in [7, 11) is -4.32. The van der Waals surface area contributed by atoms with Crippen LogP contribution in [0.3, 0.4) is 0 Å². The van der Waals surface area contributed by atoms with E-state index in [4.69, 9.17) is 5.41 Å². The molecule has 0 aliphatic heterocycles. The van der Waals surface area contributed by atoms with Gasteiger partial charge in [-0.3, -0.25) is 5.32 Å². The topological polar surface area (TPSA) is 99.8 Å². The third-order valence-corrected chi connectivity index (χ3v) is 8.32. The van der Waals surface area contributed by atoms with Gasteiger partial charge in [0.1, 0.15) is 17.2 Å². The Balaban J connectivity index is 1.70. The van der Waals surface area contributed by atoms with Crippen molar-refractivity contribution in [3.8, 4) is 0 Å². The van der Waals surface area contributed by atoms with Gasteiger partial charge in [-0.25, -0.2) is 16.8 Å². The number of para-hydroxylation sites is 1. The lowest BCUT2D eigenvalue weighted by Crippen LogP contribution is -2.71. The number of halogens is 4. The molecular formula is C29H22F4N3O3S+. The molecule has 1 atom stereocenters. The minimum Gasteiger partial charge on any atom is -0.372 e. The highest BCUT2D eigenvalue weighted by Gasteiger charge is 2.58. The van der Waals surface area contributed by atoms with Gasteiger partial charge in [0, 0.05) is 41.6 Å². The van der Waals surface area contributed by atoms with E-state index in [9.17, 15) is 31.1 Å². The maximum Gasteiger partial charge on any atom is 0.425 e. The van der Waals surface area contributed by atoms with Crippen LogP contribution in [0.2, 0.25) is 0 Å². The number of aliphatic hydroxyl groups is 1.